The third-order valence-corrected chi connectivity index (χ3v) is 3.83. The number of nitrogens with zero attached hydrogens (tertiary/aromatic N) is 2. The van der Waals surface area contributed by atoms with Crippen LogP contribution in [0.1, 0.15) is 24.7 Å². The van der Waals surface area contributed by atoms with Gasteiger partial charge >= 0.3 is 0 Å². The zero-order chi connectivity index (χ0) is 13.2. The van der Waals surface area contributed by atoms with E-state index in [4.69, 9.17) is 21.1 Å². The Kier molecular flexibility index (Phi) is 3.62. The fraction of sp³-hybridized carbons (Fsp3) is 0.500. The van der Waals surface area contributed by atoms with E-state index in [0.717, 1.165) is 48.7 Å². The van der Waals surface area contributed by atoms with Crippen molar-refractivity contribution in [3.05, 3.63) is 24.0 Å². The van der Waals surface area contributed by atoms with Crippen molar-refractivity contribution in [3.63, 3.8) is 0 Å². The van der Waals surface area contributed by atoms with Crippen LogP contribution in [0.3, 0.4) is 0 Å². The highest BCUT2D eigenvalue weighted by Crippen LogP contribution is 2.29. The van der Waals surface area contributed by atoms with Gasteiger partial charge in [0.25, 0.3) is 0 Å². The summed E-state index contributed by atoms with van der Waals surface area (Å²) < 4.78 is 13.0. The van der Waals surface area contributed by atoms with Gasteiger partial charge < -0.3 is 14.0 Å². The lowest BCUT2D eigenvalue weighted by atomic mass is 10.1. The van der Waals surface area contributed by atoms with Crippen LogP contribution in [0.4, 0.5) is 0 Å². The summed E-state index contributed by atoms with van der Waals surface area (Å²) in [6, 6.07) is 6.29. The molecule has 0 bridgehead atoms. The Morgan fingerprint density at radius 1 is 1.53 bits per heavy atom. The normalized spacial score (nSPS) is 19.8. The topological polar surface area (TPSA) is 36.3 Å². The fourth-order valence-corrected chi connectivity index (χ4v) is 2.87. The maximum Gasteiger partial charge on any atom is 0.125 e. The van der Waals surface area contributed by atoms with Gasteiger partial charge in [-0.1, -0.05) is 0 Å². The standard InChI is InChI=1S/C14H17ClN2O2/c1-18-11-4-5-13-12(7-11)16-14(8-15)17(13)10-3-2-6-19-9-10/h4-5,7,10H,2-3,6,8-9H2,1H3. The highest BCUT2D eigenvalue weighted by atomic mass is 35.5. The molecular weight excluding hydrogens is 264 g/mol. The Balaban J connectivity index is 2.09. The van der Waals surface area contributed by atoms with Crippen LogP contribution < -0.4 is 4.74 Å². The molecule has 0 aliphatic carbocycles. The van der Waals surface area contributed by atoms with Crippen molar-refractivity contribution in [2.24, 2.45) is 0 Å². The lowest BCUT2D eigenvalue weighted by Crippen LogP contribution is -2.22. The van der Waals surface area contributed by atoms with Gasteiger partial charge in [-0.25, -0.2) is 4.98 Å². The van der Waals surface area contributed by atoms with Gasteiger partial charge in [-0.3, -0.25) is 0 Å². The third kappa shape index (κ3) is 2.30. The molecule has 0 spiro atoms. The van der Waals surface area contributed by atoms with Crippen LogP contribution in [-0.2, 0) is 10.6 Å². The first-order valence-electron chi connectivity index (χ1n) is 6.52. The van der Waals surface area contributed by atoms with Crippen LogP contribution in [0.25, 0.3) is 11.0 Å². The van der Waals surface area contributed by atoms with Crippen molar-refractivity contribution in [1.29, 1.82) is 0 Å². The number of aromatic nitrogens is 2. The summed E-state index contributed by atoms with van der Waals surface area (Å²) in [5.41, 5.74) is 2.03. The van der Waals surface area contributed by atoms with E-state index in [0.29, 0.717) is 11.9 Å². The van der Waals surface area contributed by atoms with Gasteiger partial charge in [-0.05, 0) is 25.0 Å². The van der Waals surface area contributed by atoms with Crippen LogP contribution in [0.2, 0.25) is 0 Å². The molecule has 1 atom stereocenters. The molecule has 4 nitrogen and oxygen atoms in total. The predicted molar refractivity (Wildman–Crippen MR) is 74.9 cm³/mol. The molecule has 1 aliphatic rings. The molecule has 1 saturated heterocycles. The van der Waals surface area contributed by atoms with E-state index < -0.39 is 0 Å². The first kappa shape index (κ1) is 12.8. The molecule has 3 rings (SSSR count). The quantitative estimate of drug-likeness (QED) is 0.811. The lowest BCUT2D eigenvalue weighted by Gasteiger charge is -2.25. The molecule has 102 valence electrons. The number of hydrogen-bond acceptors (Lipinski definition) is 3. The largest absolute Gasteiger partial charge is 0.497 e. The molecule has 1 unspecified atom stereocenters. The Hall–Kier alpha value is -1.26. The number of methoxy groups -OCH3 is 1. The molecule has 0 saturated carbocycles. The van der Waals surface area contributed by atoms with Crippen molar-refractivity contribution in [2.45, 2.75) is 24.8 Å². The number of halogens is 1. The maximum atomic E-state index is 6.04. The molecule has 1 aromatic heterocycles. The lowest BCUT2D eigenvalue weighted by molar-refractivity contribution is 0.0597. The number of alkyl halides is 1. The third-order valence-electron chi connectivity index (χ3n) is 3.59. The smallest absolute Gasteiger partial charge is 0.125 e. The molecule has 1 aromatic carbocycles. The summed E-state index contributed by atoms with van der Waals surface area (Å²) in [5.74, 6) is 2.13. The molecule has 2 aromatic rings. The summed E-state index contributed by atoms with van der Waals surface area (Å²) in [6.07, 6.45) is 2.20. The van der Waals surface area contributed by atoms with Crippen LogP contribution in [0.15, 0.2) is 18.2 Å². The molecule has 1 aliphatic heterocycles. The second-order valence-corrected chi connectivity index (χ2v) is 5.02. The second-order valence-electron chi connectivity index (χ2n) is 4.76. The SMILES string of the molecule is COc1ccc2c(c1)nc(CCl)n2C1CCCOC1. The summed E-state index contributed by atoms with van der Waals surface area (Å²) in [6.45, 7) is 1.59. The monoisotopic (exact) mass is 280 g/mol. The fourth-order valence-electron chi connectivity index (χ4n) is 2.68. The van der Waals surface area contributed by atoms with Gasteiger partial charge in [0.1, 0.15) is 11.6 Å². The maximum absolute atomic E-state index is 6.04. The zero-order valence-corrected chi connectivity index (χ0v) is 11.7. The van der Waals surface area contributed by atoms with Gasteiger partial charge in [0, 0.05) is 12.7 Å². The molecule has 0 amide bonds. The van der Waals surface area contributed by atoms with Gasteiger partial charge in [0.05, 0.1) is 36.7 Å². The first-order valence-corrected chi connectivity index (χ1v) is 7.05. The molecule has 19 heavy (non-hydrogen) atoms. The van der Waals surface area contributed by atoms with E-state index in [1.165, 1.54) is 0 Å². The van der Waals surface area contributed by atoms with E-state index in [-0.39, 0.29) is 0 Å². The molecule has 2 heterocycles. The number of rotatable bonds is 3. The zero-order valence-electron chi connectivity index (χ0n) is 10.9. The van der Waals surface area contributed by atoms with Gasteiger partial charge in [0.15, 0.2) is 0 Å². The van der Waals surface area contributed by atoms with Crippen LogP contribution in [0, 0.1) is 0 Å². The highest BCUT2D eigenvalue weighted by Gasteiger charge is 2.21. The number of imidazole rings is 1. The minimum Gasteiger partial charge on any atom is -0.497 e. The molecular formula is C14H17ClN2O2. The molecule has 1 fully saturated rings. The Morgan fingerprint density at radius 3 is 3.11 bits per heavy atom. The summed E-state index contributed by atoms with van der Waals surface area (Å²) in [7, 11) is 1.66. The predicted octanol–water partition coefficient (Wildman–Crippen LogP) is 3.14. The van der Waals surface area contributed by atoms with Gasteiger partial charge in [0.2, 0.25) is 0 Å². The highest BCUT2D eigenvalue weighted by molar-refractivity contribution is 6.16. The van der Waals surface area contributed by atoms with E-state index in [9.17, 15) is 0 Å². The van der Waals surface area contributed by atoms with E-state index >= 15 is 0 Å². The van der Waals surface area contributed by atoms with E-state index in [2.05, 4.69) is 9.55 Å². The van der Waals surface area contributed by atoms with Crippen molar-refractivity contribution in [2.75, 3.05) is 20.3 Å². The average Bonchev–Trinajstić information content (AvgIpc) is 2.85. The van der Waals surface area contributed by atoms with Crippen LogP contribution in [-0.4, -0.2) is 29.9 Å². The van der Waals surface area contributed by atoms with E-state index in [1.54, 1.807) is 7.11 Å². The average molecular weight is 281 g/mol. The molecule has 5 heteroatoms. The number of hydrogen-bond donors (Lipinski definition) is 0. The Bertz CT molecular complexity index is 576. The first-order chi connectivity index (χ1) is 9.33. The van der Waals surface area contributed by atoms with Crippen LogP contribution in [0.5, 0.6) is 5.75 Å². The minimum absolute atomic E-state index is 0.334. The minimum atomic E-state index is 0.334. The van der Waals surface area contributed by atoms with Crippen molar-refractivity contribution in [1.82, 2.24) is 9.55 Å². The van der Waals surface area contributed by atoms with Crippen molar-refractivity contribution >= 4 is 22.6 Å². The molecule has 0 radical (unpaired) electrons. The number of benzene rings is 1. The van der Waals surface area contributed by atoms with Crippen molar-refractivity contribution < 1.29 is 9.47 Å². The number of ether oxygens (including phenoxy) is 2. The van der Waals surface area contributed by atoms with Crippen molar-refractivity contribution in [3.8, 4) is 5.75 Å². The summed E-state index contributed by atoms with van der Waals surface area (Å²) in [4.78, 5) is 4.61. The number of fused-ring (bicyclic) bond motifs is 1. The molecule has 0 N–H and O–H groups in total. The Labute approximate surface area is 117 Å². The van der Waals surface area contributed by atoms with Gasteiger partial charge in [-0.15, -0.1) is 11.6 Å². The van der Waals surface area contributed by atoms with Crippen LogP contribution >= 0.6 is 11.6 Å². The summed E-state index contributed by atoms with van der Waals surface area (Å²) >= 11 is 6.04. The summed E-state index contributed by atoms with van der Waals surface area (Å²) in [5, 5.41) is 0. The second kappa shape index (κ2) is 5.39. The van der Waals surface area contributed by atoms with Gasteiger partial charge in [-0.2, -0.15) is 0 Å². The Morgan fingerprint density at radius 2 is 2.42 bits per heavy atom. The van der Waals surface area contributed by atoms with E-state index in [1.807, 2.05) is 18.2 Å².